The highest BCUT2D eigenvalue weighted by Crippen LogP contribution is 2.30. The Morgan fingerprint density at radius 3 is 2.86 bits per heavy atom. The molecule has 0 saturated carbocycles. The van der Waals surface area contributed by atoms with Gasteiger partial charge in [-0.25, -0.2) is 5.43 Å². The van der Waals surface area contributed by atoms with Crippen LogP contribution < -0.4 is 14.9 Å². The first kappa shape index (κ1) is 14.1. The third-order valence-electron chi connectivity index (χ3n) is 2.75. The highest BCUT2D eigenvalue weighted by Gasteiger charge is 2.14. The number of carbonyl (C=O) groups excluding carboxylic acids is 1. The van der Waals surface area contributed by atoms with E-state index in [0.29, 0.717) is 30.3 Å². The van der Waals surface area contributed by atoms with E-state index in [9.17, 15) is 4.79 Å². The number of carbonyl (C=O) groups is 1. The van der Waals surface area contributed by atoms with Gasteiger partial charge in [-0.3, -0.25) is 4.79 Å². The van der Waals surface area contributed by atoms with Crippen LogP contribution in [0.2, 0.25) is 0 Å². The number of hydrogen-bond acceptors (Lipinski definition) is 5. The summed E-state index contributed by atoms with van der Waals surface area (Å²) in [4.78, 5) is 12.9. The van der Waals surface area contributed by atoms with Crippen LogP contribution in [-0.4, -0.2) is 25.3 Å². The van der Waals surface area contributed by atoms with Crippen LogP contribution in [0.1, 0.15) is 15.2 Å². The fraction of sp³-hybridized carbons (Fsp3) is 0.143. The molecule has 108 valence electrons. The van der Waals surface area contributed by atoms with Crippen molar-refractivity contribution in [3.05, 3.63) is 44.6 Å². The van der Waals surface area contributed by atoms with Gasteiger partial charge in [0.1, 0.15) is 13.2 Å². The summed E-state index contributed by atoms with van der Waals surface area (Å²) < 4.78 is 11.8. The van der Waals surface area contributed by atoms with Gasteiger partial charge < -0.3 is 9.47 Å². The molecule has 3 rings (SSSR count). The minimum atomic E-state index is -0.293. The molecule has 2 heterocycles. The number of ether oxygens (including phenoxy) is 2. The van der Waals surface area contributed by atoms with E-state index in [4.69, 9.17) is 9.47 Å². The lowest BCUT2D eigenvalue weighted by Crippen LogP contribution is -2.19. The lowest BCUT2D eigenvalue weighted by atomic mass is 10.2. The number of halogens is 1. The maximum absolute atomic E-state index is 12.0. The van der Waals surface area contributed by atoms with Crippen LogP contribution in [0, 0.1) is 0 Å². The summed E-state index contributed by atoms with van der Waals surface area (Å²) in [5.74, 6) is 0.948. The van der Waals surface area contributed by atoms with E-state index in [1.165, 1.54) is 11.3 Å². The summed E-state index contributed by atoms with van der Waals surface area (Å²) in [5, 5.41) is 5.88. The Hall–Kier alpha value is -1.86. The molecular formula is C14H11BrN2O3S. The molecule has 0 radical (unpaired) electrons. The first-order chi connectivity index (χ1) is 10.2. The average Bonchev–Trinajstić information content (AvgIpc) is 2.92. The van der Waals surface area contributed by atoms with Gasteiger partial charge in [-0.05, 0) is 40.2 Å². The van der Waals surface area contributed by atoms with Gasteiger partial charge in [-0.1, -0.05) is 0 Å². The van der Waals surface area contributed by atoms with Crippen molar-refractivity contribution in [2.24, 2.45) is 5.10 Å². The molecule has 1 aromatic carbocycles. The molecule has 1 N–H and O–H groups in total. The standard InChI is InChI=1S/C14H11BrN2O3S/c15-10-6-11(21-8-10)7-16-17-14(18)9-1-2-12-13(5-9)20-4-3-19-12/h1-2,5-8H,3-4H2,(H,17,18). The molecule has 0 atom stereocenters. The Labute approximate surface area is 133 Å². The number of fused-ring (bicyclic) bond motifs is 1. The number of thiophene rings is 1. The van der Waals surface area contributed by atoms with Gasteiger partial charge >= 0.3 is 0 Å². The van der Waals surface area contributed by atoms with Crippen LogP contribution in [0.25, 0.3) is 0 Å². The Bertz CT molecular complexity index is 699. The second-order valence-electron chi connectivity index (χ2n) is 4.22. The first-order valence-electron chi connectivity index (χ1n) is 6.19. The molecule has 21 heavy (non-hydrogen) atoms. The summed E-state index contributed by atoms with van der Waals surface area (Å²) in [6.45, 7) is 1.02. The van der Waals surface area contributed by atoms with Crippen LogP contribution in [0.4, 0.5) is 0 Å². The Morgan fingerprint density at radius 2 is 2.10 bits per heavy atom. The number of benzene rings is 1. The molecular weight excluding hydrogens is 356 g/mol. The van der Waals surface area contributed by atoms with E-state index in [-0.39, 0.29) is 5.91 Å². The zero-order valence-corrected chi connectivity index (χ0v) is 13.2. The van der Waals surface area contributed by atoms with Gasteiger partial charge in [0.2, 0.25) is 0 Å². The maximum atomic E-state index is 12.0. The van der Waals surface area contributed by atoms with E-state index >= 15 is 0 Å². The normalized spacial score (nSPS) is 13.4. The van der Waals surface area contributed by atoms with E-state index in [1.807, 2.05) is 11.4 Å². The molecule has 0 fully saturated rings. The van der Waals surface area contributed by atoms with Gasteiger partial charge in [0, 0.05) is 20.3 Å². The highest BCUT2D eigenvalue weighted by atomic mass is 79.9. The van der Waals surface area contributed by atoms with Crippen LogP contribution in [0.5, 0.6) is 11.5 Å². The molecule has 0 bridgehead atoms. The first-order valence-corrected chi connectivity index (χ1v) is 7.87. The third-order valence-corrected chi connectivity index (χ3v) is 4.38. The van der Waals surface area contributed by atoms with E-state index in [0.717, 1.165) is 9.35 Å². The van der Waals surface area contributed by atoms with Crippen molar-refractivity contribution in [3.63, 3.8) is 0 Å². The zero-order chi connectivity index (χ0) is 14.7. The Balaban J connectivity index is 1.66. The van der Waals surface area contributed by atoms with Gasteiger partial charge in [0.25, 0.3) is 5.91 Å². The van der Waals surface area contributed by atoms with E-state index in [2.05, 4.69) is 26.5 Å². The molecule has 0 spiro atoms. The fourth-order valence-corrected chi connectivity index (χ4v) is 3.10. The van der Waals surface area contributed by atoms with Crippen molar-refractivity contribution < 1.29 is 14.3 Å². The molecule has 1 aliphatic heterocycles. The van der Waals surface area contributed by atoms with Crippen LogP contribution in [-0.2, 0) is 0 Å². The number of rotatable bonds is 3. The number of amides is 1. The molecule has 0 saturated heterocycles. The monoisotopic (exact) mass is 366 g/mol. The topological polar surface area (TPSA) is 59.9 Å². The number of nitrogens with one attached hydrogen (secondary N) is 1. The minimum Gasteiger partial charge on any atom is -0.486 e. The predicted molar refractivity (Wildman–Crippen MR) is 84.5 cm³/mol. The van der Waals surface area contributed by atoms with Crippen LogP contribution >= 0.6 is 27.3 Å². The fourth-order valence-electron chi connectivity index (χ4n) is 1.80. The molecule has 0 aliphatic carbocycles. The number of hydrogen-bond donors (Lipinski definition) is 1. The van der Waals surface area contributed by atoms with Crippen molar-refractivity contribution in [2.75, 3.05) is 13.2 Å². The van der Waals surface area contributed by atoms with Crippen LogP contribution in [0.3, 0.4) is 0 Å². The van der Waals surface area contributed by atoms with Crippen molar-refractivity contribution in [1.29, 1.82) is 0 Å². The highest BCUT2D eigenvalue weighted by molar-refractivity contribution is 9.10. The molecule has 7 heteroatoms. The number of hydrazone groups is 1. The quantitative estimate of drug-likeness (QED) is 0.670. The Kier molecular flexibility index (Phi) is 4.21. The smallest absolute Gasteiger partial charge is 0.271 e. The number of nitrogens with zero attached hydrogens (tertiary/aromatic N) is 1. The molecule has 5 nitrogen and oxygen atoms in total. The second kappa shape index (κ2) is 6.28. The largest absolute Gasteiger partial charge is 0.486 e. The van der Waals surface area contributed by atoms with E-state index in [1.54, 1.807) is 24.4 Å². The summed E-state index contributed by atoms with van der Waals surface area (Å²) in [6, 6.07) is 6.98. The van der Waals surface area contributed by atoms with Gasteiger partial charge in [0.05, 0.1) is 6.21 Å². The summed E-state index contributed by atoms with van der Waals surface area (Å²) >= 11 is 4.89. The molecule has 2 aromatic rings. The van der Waals surface area contributed by atoms with Crippen molar-refractivity contribution >= 4 is 39.4 Å². The maximum Gasteiger partial charge on any atom is 0.271 e. The van der Waals surface area contributed by atoms with Crippen LogP contribution in [0.15, 0.2) is 39.2 Å². The van der Waals surface area contributed by atoms with Crippen molar-refractivity contribution in [2.45, 2.75) is 0 Å². The second-order valence-corrected chi connectivity index (χ2v) is 6.08. The summed E-state index contributed by atoms with van der Waals surface area (Å²) in [5.41, 5.74) is 2.96. The average molecular weight is 367 g/mol. The van der Waals surface area contributed by atoms with Crippen molar-refractivity contribution in [3.8, 4) is 11.5 Å². The molecule has 1 amide bonds. The summed E-state index contributed by atoms with van der Waals surface area (Å²) in [6.07, 6.45) is 1.60. The molecule has 1 aliphatic rings. The molecule has 0 unspecified atom stereocenters. The van der Waals surface area contributed by atoms with Gasteiger partial charge in [-0.2, -0.15) is 5.10 Å². The third kappa shape index (κ3) is 3.43. The van der Waals surface area contributed by atoms with Gasteiger partial charge in [-0.15, -0.1) is 11.3 Å². The zero-order valence-electron chi connectivity index (χ0n) is 10.8. The minimum absolute atomic E-state index is 0.293. The van der Waals surface area contributed by atoms with Crippen molar-refractivity contribution in [1.82, 2.24) is 5.43 Å². The summed E-state index contributed by atoms with van der Waals surface area (Å²) in [7, 11) is 0. The molecule has 1 aromatic heterocycles. The van der Waals surface area contributed by atoms with Gasteiger partial charge in [0.15, 0.2) is 11.5 Å². The lowest BCUT2D eigenvalue weighted by molar-refractivity contribution is 0.0954. The lowest BCUT2D eigenvalue weighted by Gasteiger charge is -2.18. The SMILES string of the molecule is O=C(NN=Cc1cc(Br)cs1)c1ccc2c(c1)OCCO2. The predicted octanol–water partition coefficient (Wildman–Crippen LogP) is 3.05. The Morgan fingerprint density at radius 1 is 1.29 bits per heavy atom. The van der Waals surface area contributed by atoms with E-state index < -0.39 is 0 Å².